The van der Waals surface area contributed by atoms with E-state index in [0.717, 1.165) is 0 Å². The summed E-state index contributed by atoms with van der Waals surface area (Å²) in [6.45, 7) is 5.47. The van der Waals surface area contributed by atoms with Crippen LogP contribution in [-0.2, 0) is 9.53 Å². The molecule has 0 N–H and O–H groups in total. The number of benzene rings is 3. The summed E-state index contributed by atoms with van der Waals surface area (Å²) in [5.74, 6) is 0. The Morgan fingerprint density at radius 2 is 1.28 bits per heavy atom. The molecule has 1 radical (unpaired) electrons. The van der Waals surface area contributed by atoms with E-state index >= 15 is 0 Å². The first kappa shape index (κ1) is 20.1. The van der Waals surface area contributed by atoms with Gasteiger partial charge in [-0.05, 0) is 63.2 Å². The number of nitrogens with zero attached hydrogens (tertiary/aromatic N) is 2. The molecular weight excluding hydrogens is 364 g/mol. The van der Waals surface area contributed by atoms with Gasteiger partial charge in [0.15, 0.2) is 0 Å². The molecular formula is C24H23N2O3. The third-order valence-electron chi connectivity index (χ3n) is 4.04. The van der Waals surface area contributed by atoms with Crippen molar-refractivity contribution in [2.75, 3.05) is 9.80 Å². The van der Waals surface area contributed by atoms with Crippen LogP contribution >= 0.6 is 0 Å². The third-order valence-corrected chi connectivity index (χ3v) is 4.04. The van der Waals surface area contributed by atoms with Crippen molar-refractivity contribution < 1.29 is 14.3 Å². The summed E-state index contributed by atoms with van der Waals surface area (Å²) in [5, 5.41) is 0. The smallest absolute Gasteiger partial charge is 0.419 e. The molecule has 3 aromatic carbocycles. The molecule has 0 bridgehead atoms. The number of hydrogen-bond donors (Lipinski definition) is 0. The molecule has 2 amide bonds. The number of para-hydroxylation sites is 2. The van der Waals surface area contributed by atoms with Gasteiger partial charge in [0, 0.05) is 5.69 Å². The van der Waals surface area contributed by atoms with Crippen molar-refractivity contribution >= 4 is 35.3 Å². The van der Waals surface area contributed by atoms with Gasteiger partial charge in [0.2, 0.25) is 0 Å². The molecule has 0 atom stereocenters. The Labute approximate surface area is 171 Å². The lowest BCUT2D eigenvalue weighted by atomic mass is 10.2. The van der Waals surface area contributed by atoms with Crippen LogP contribution in [0.4, 0.5) is 27.5 Å². The molecule has 0 aliphatic carbocycles. The summed E-state index contributed by atoms with van der Waals surface area (Å²) in [6, 6.07) is 25.6. The second kappa shape index (κ2) is 8.61. The fraction of sp³-hybridized carbons (Fsp3) is 0.167. The zero-order valence-corrected chi connectivity index (χ0v) is 16.7. The topological polar surface area (TPSA) is 49.9 Å². The van der Waals surface area contributed by atoms with Gasteiger partial charge in [-0.3, -0.25) is 9.69 Å². The van der Waals surface area contributed by atoms with Crippen molar-refractivity contribution in [3.05, 3.63) is 84.9 Å². The molecule has 29 heavy (non-hydrogen) atoms. The van der Waals surface area contributed by atoms with E-state index < -0.39 is 11.7 Å². The Balaban J connectivity index is 2.04. The summed E-state index contributed by atoms with van der Waals surface area (Å²) in [7, 11) is 0. The highest BCUT2D eigenvalue weighted by atomic mass is 16.6. The van der Waals surface area contributed by atoms with E-state index in [4.69, 9.17) is 4.74 Å². The van der Waals surface area contributed by atoms with Gasteiger partial charge in [0.1, 0.15) is 5.60 Å². The second-order valence-electron chi connectivity index (χ2n) is 7.43. The molecule has 0 aromatic heterocycles. The van der Waals surface area contributed by atoms with Gasteiger partial charge < -0.3 is 4.74 Å². The van der Waals surface area contributed by atoms with E-state index in [1.807, 2.05) is 87.8 Å². The van der Waals surface area contributed by atoms with Gasteiger partial charge in [0.05, 0.1) is 17.1 Å². The Morgan fingerprint density at radius 3 is 1.83 bits per heavy atom. The zero-order chi connectivity index (χ0) is 20.9. The zero-order valence-electron chi connectivity index (χ0n) is 16.7. The van der Waals surface area contributed by atoms with Crippen LogP contribution in [0.15, 0.2) is 84.9 Å². The number of carbonyl (C=O) groups is 1. The first-order chi connectivity index (χ1) is 13.9. The number of amides is 2. The fourth-order valence-electron chi connectivity index (χ4n) is 2.85. The number of carbonyl (C=O) groups excluding carboxylic acids is 2. The van der Waals surface area contributed by atoms with Crippen molar-refractivity contribution in [2.45, 2.75) is 26.4 Å². The Hall–Kier alpha value is -3.60. The molecule has 0 unspecified atom stereocenters. The maximum Gasteiger partial charge on any atom is 0.419 e. The van der Waals surface area contributed by atoms with Gasteiger partial charge in [-0.2, -0.15) is 0 Å². The number of rotatable bonds is 5. The van der Waals surface area contributed by atoms with Gasteiger partial charge in [-0.25, -0.2) is 9.69 Å². The minimum atomic E-state index is -0.644. The van der Waals surface area contributed by atoms with E-state index in [9.17, 15) is 9.59 Å². The largest absolute Gasteiger partial charge is 0.443 e. The van der Waals surface area contributed by atoms with Crippen LogP contribution in [0.2, 0.25) is 0 Å². The van der Waals surface area contributed by atoms with E-state index in [1.165, 1.54) is 9.80 Å². The molecule has 0 saturated carbocycles. The lowest BCUT2D eigenvalue weighted by molar-refractivity contribution is 0.0599. The van der Waals surface area contributed by atoms with E-state index in [0.29, 0.717) is 22.7 Å². The van der Waals surface area contributed by atoms with Crippen LogP contribution in [0.1, 0.15) is 20.8 Å². The van der Waals surface area contributed by atoms with Crippen molar-refractivity contribution in [3.63, 3.8) is 0 Å². The molecule has 0 fully saturated rings. The van der Waals surface area contributed by atoms with E-state index in [-0.39, 0.29) is 0 Å². The van der Waals surface area contributed by atoms with Gasteiger partial charge in [0.25, 0.3) is 0 Å². The molecule has 5 nitrogen and oxygen atoms in total. The molecule has 3 rings (SSSR count). The molecule has 0 aliphatic heterocycles. The summed E-state index contributed by atoms with van der Waals surface area (Å²) < 4.78 is 5.62. The predicted molar refractivity (Wildman–Crippen MR) is 116 cm³/mol. The van der Waals surface area contributed by atoms with Crippen LogP contribution in [-0.4, -0.2) is 18.1 Å². The molecule has 147 valence electrons. The first-order valence-corrected chi connectivity index (χ1v) is 9.30. The summed E-state index contributed by atoms with van der Waals surface area (Å²) in [6.07, 6.45) is 1.46. The normalized spacial score (nSPS) is 10.9. The predicted octanol–water partition coefficient (Wildman–Crippen LogP) is 5.97. The quantitative estimate of drug-likeness (QED) is 0.507. The molecule has 0 heterocycles. The monoisotopic (exact) mass is 387 g/mol. The highest BCUT2D eigenvalue weighted by Crippen LogP contribution is 2.32. The highest BCUT2D eigenvalue weighted by molar-refractivity contribution is 5.97. The Bertz CT molecular complexity index is 966. The van der Waals surface area contributed by atoms with Gasteiger partial charge in [-0.15, -0.1) is 0 Å². The fourth-order valence-corrected chi connectivity index (χ4v) is 2.85. The van der Waals surface area contributed by atoms with Crippen molar-refractivity contribution in [2.24, 2.45) is 0 Å². The minimum Gasteiger partial charge on any atom is -0.443 e. The molecule has 5 heteroatoms. The summed E-state index contributed by atoms with van der Waals surface area (Å²) >= 11 is 0. The van der Waals surface area contributed by atoms with E-state index in [1.54, 1.807) is 24.3 Å². The Morgan fingerprint density at radius 1 is 0.759 bits per heavy atom. The van der Waals surface area contributed by atoms with Crippen LogP contribution in [0.5, 0.6) is 0 Å². The first-order valence-electron chi connectivity index (χ1n) is 9.30. The van der Waals surface area contributed by atoms with Crippen molar-refractivity contribution in [1.29, 1.82) is 0 Å². The van der Waals surface area contributed by atoms with Crippen LogP contribution in [0, 0.1) is 0 Å². The molecule has 3 aromatic rings. The number of anilines is 4. The Kier molecular flexibility index (Phi) is 5.98. The lowest BCUT2D eigenvalue weighted by Gasteiger charge is -2.28. The number of hydrogen-bond acceptors (Lipinski definition) is 3. The second-order valence-corrected chi connectivity index (χ2v) is 7.43. The van der Waals surface area contributed by atoms with Crippen LogP contribution in [0.3, 0.4) is 0 Å². The maximum absolute atomic E-state index is 13.0. The maximum atomic E-state index is 13.0. The standard InChI is InChI=1S/C24H23N2O3/c1-24(2,3)29-23(28)26(20-13-8-5-9-14-20)22-16-10-15-21(17-22)25(18-27)19-11-6-4-7-12-19/h4-17H,1-3H3. The molecule has 0 aliphatic rings. The van der Waals surface area contributed by atoms with Crippen LogP contribution < -0.4 is 9.80 Å². The average Bonchev–Trinajstić information content (AvgIpc) is 2.69. The van der Waals surface area contributed by atoms with E-state index in [2.05, 4.69) is 0 Å². The van der Waals surface area contributed by atoms with Gasteiger partial charge >= 0.3 is 12.5 Å². The lowest BCUT2D eigenvalue weighted by Crippen LogP contribution is -2.34. The molecule has 0 saturated heterocycles. The van der Waals surface area contributed by atoms with Crippen molar-refractivity contribution in [3.8, 4) is 0 Å². The highest BCUT2D eigenvalue weighted by Gasteiger charge is 2.25. The van der Waals surface area contributed by atoms with Crippen LogP contribution in [0.25, 0.3) is 0 Å². The minimum absolute atomic E-state index is 0.498. The SMILES string of the molecule is CC(C)(C)OC(=O)N(c1ccccc1)c1cccc(N([C]=O)c2ccccc2)c1. The average molecular weight is 387 g/mol. The summed E-state index contributed by atoms with van der Waals surface area (Å²) in [4.78, 5) is 27.6. The summed E-state index contributed by atoms with van der Waals surface area (Å²) in [5.41, 5.74) is 1.88. The third kappa shape index (κ3) is 5.02. The van der Waals surface area contributed by atoms with Crippen molar-refractivity contribution in [1.82, 2.24) is 0 Å². The number of ether oxygens (including phenoxy) is 1. The molecule has 0 spiro atoms. The van der Waals surface area contributed by atoms with Gasteiger partial charge in [-0.1, -0.05) is 42.5 Å².